The van der Waals surface area contributed by atoms with Crippen molar-refractivity contribution in [3.05, 3.63) is 78.2 Å². The van der Waals surface area contributed by atoms with Crippen LogP contribution in [0.15, 0.2) is 72.4 Å². The summed E-state index contributed by atoms with van der Waals surface area (Å²) in [5, 5.41) is 7.82. The topological polar surface area (TPSA) is 89.0 Å². The lowest BCUT2D eigenvalue weighted by Crippen LogP contribution is -2.20. The van der Waals surface area contributed by atoms with E-state index in [2.05, 4.69) is 25.6 Å². The molecule has 0 saturated heterocycles. The molecule has 4 rings (SSSR count). The Hall–Kier alpha value is -3.85. The highest BCUT2D eigenvalue weighted by Crippen LogP contribution is 2.25. The van der Waals surface area contributed by atoms with Gasteiger partial charge in [0.05, 0.1) is 0 Å². The van der Waals surface area contributed by atoms with Gasteiger partial charge in [-0.25, -0.2) is 14.2 Å². The summed E-state index contributed by atoms with van der Waals surface area (Å²) in [7, 11) is 0. The molecule has 0 fully saturated rings. The molecule has 9 heteroatoms. The number of urea groups is 1. The van der Waals surface area contributed by atoms with Gasteiger partial charge in [0.1, 0.15) is 28.2 Å². The van der Waals surface area contributed by atoms with Gasteiger partial charge in [-0.1, -0.05) is 6.07 Å². The normalized spacial score (nSPS) is 10.4. The molecule has 0 unspecified atom stereocenters. The highest BCUT2D eigenvalue weighted by Gasteiger charge is 2.09. The van der Waals surface area contributed by atoms with Crippen LogP contribution in [-0.2, 0) is 0 Å². The minimum absolute atomic E-state index is 0.267. The smallest absolute Gasteiger partial charge is 0.326 e. The van der Waals surface area contributed by atoms with Crippen molar-refractivity contribution in [2.75, 3.05) is 10.6 Å². The Morgan fingerprint density at radius 2 is 1.69 bits per heavy atom. The van der Waals surface area contributed by atoms with Gasteiger partial charge in [-0.2, -0.15) is 4.98 Å². The van der Waals surface area contributed by atoms with Gasteiger partial charge in [0, 0.05) is 29.4 Å². The zero-order chi connectivity index (χ0) is 20.1. The number of rotatable bonds is 5. The third-order valence-corrected chi connectivity index (χ3v) is 4.57. The Bertz CT molecular complexity index is 1120. The molecule has 0 aliphatic heterocycles. The molecule has 0 spiro atoms. The summed E-state index contributed by atoms with van der Waals surface area (Å²) in [6.07, 6.45) is 3.37. The molecule has 0 atom stereocenters. The van der Waals surface area contributed by atoms with Crippen molar-refractivity contribution >= 4 is 29.0 Å². The van der Waals surface area contributed by atoms with Crippen molar-refractivity contribution in [2.45, 2.75) is 0 Å². The number of nitrogens with one attached hydrogen (secondary N) is 2. The van der Waals surface area contributed by atoms with Crippen LogP contribution in [0.3, 0.4) is 0 Å². The van der Waals surface area contributed by atoms with Crippen molar-refractivity contribution in [1.82, 2.24) is 15.0 Å². The zero-order valence-electron chi connectivity index (χ0n) is 14.9. The molecule has 4 aromatic rings. The first-order valence-electron chi connectivity index (χ1n) is 8.50. The fraction of sp³-hybridized carbons (Fsp3) is 0. The molecule has 0 aliphatic carbocycles. The summed E-state index contributed by atoms with van der Waals surface area (Å²) in [5.41, 5.74) is 0.922. The van der Waals surface area contributed by atoms with Crippen LogP contribution in [0.25, 0.3) is 10.6 Å². The lowest BCUT2D eigenvalue weighted by Gasteiger charge is -2.08. The molecule has 7 nitrogen and oxygen atoms in total. The molecular weight excluding hydrogens is 393 g/mol. The number of anilines is 2. The molecule has 2 amide bonds. The number of amides is 2. The second-order valence-corrected chi connectivity index (χ2v) is 6.63. The van der Waals surface area contributed by atoms with E-state index in [1.54, 1.807) is 36.0 Å². The van der Waals surface area contributed by atoms with Crippen LogP contribution in [-0.4, -0.2) is 21.0 Å². The van der Waals surface area contributed by atoms with Crippen molar-refractivity contribution in [2.24, 2.45) is 0 Å². The predicted octanol–water partition coefficient (Wildman–Crippen LogP) is 5.18. The Balaban J connectivity index is 1.38. The Kier molecular flexibility index (Phi) is 5.39. The van der Waals surface area contributed by atoms with Crippen molar-refractivity contribution in [1.29, 1.82) is 0 Å². The Labute approximate surface area is 169 Å². The average Bonchev–Trinajstić information content (AvgIpc) is 3.19. The lowest BCUT2D eigenvalue weighted by molar-refractivity contribution is 0.262. The second kappa shape index (κ2) is 8.44. The highest BCUT2D eigenvalue weighted by molar-refractivity contribution is 7.13. The summed E-state index contributed by atoms with van der Waals surface area (Å²) in [5.74, 6) is 1.07. The third-order valence-electron chi connectivity index (χ3n) is 3.67. The minimum atomic E-state index is -0.483. The van der Waals surface area contributed by atoms with Gasteiger partial charge in [-0.15, -0.1) is 11.3 Å². The molecule has 0 bridgehead atoms. The van der Waals surface area contributed by atoms with E-state index in [0.717, 1.165) is 10.6 Å². The minimum Gasteiger partial charge on any atom is -0.439 e. The maximum atomic E-state index is 13.0. The van der Waals surface area contributed by atoms with E-state index in [4.69, 9.17) is 4.74 Å². The number of pyridine rings is 2. The van der Waals surface area contributed by atoms with Crippen LogP contribution in [0.2, 0.25) is 0 Å². The summed E-state index contributed by atoms with van der Waals surface area (Å²) in [4.78, 5) is 24.8. The Morgan fingerprint density at radius 1 is 0.931 bits per heavy atom. The van der Waals surface area contributed by atoms with E-state index in [-0.39, 0.29) is 11.7 Å². The van der Waals surface area contributed by atoms with E-state index in [1.807, 2.05) is 12.1 Å². The zero-order valence-corrected chi connectivity index (χ0v) is 15.7. The second-order valence-electron chi connectivity index (χ2n) is 5.77. The fourth-order valence-electron chi connectivity index (χ4n) is 2.39. The summed E-state index contributed by atoms with van der Waals surface area (Å²) < 4.78 is 18.5. The molecule has 3 heterocycles. The number of thiazole rings is 1. The van der Waals surface area contributed by atoms with Crippen molar-refractivity contribution < 1.29 is 13.9 Å². The number of aromatic nitrogens is 3. The lowest BCUT2D eigenvalue weighted by atomic mass is 10.3. The number of ether oxygens (including phenoxy) is 1. The van der Waals surface area contributed by atoms with Gasteiger partial charge in [0.2, 0.25) is 5.88 Å². The number of nitrogens with zero attached hydrogens (tertiary/aromatic N) is 3. The molecule has 0 aliphatic rings. The fourth-order valence-corrected chi connectivity index (χ4v) is 3.14. The maximum Gasteiger partial charge on any atom is 0.326 e. The third kappa shape index (κ3) is 4.90. The highest BCUT2D eigenvalue weighted by atomic mass is 32.1. The number of benzene rings is 1. The predicted molar refractivity (Wildman–Crippen MR) is 109 cm³/mol. The van der Waals surface area contributed by atoms with Gasteiger partial charge < -0.3 is 4.74 Å². The average molecular weight is 407 g/mol. The van der Waals surface area contributed by atoms with Gasteiger partial charge in [0.15, 0.2) is 0 Å². The number of carbonyl (C=O) groups excluding carboxylic acids is 1. The van der Waals surface area contributed by atoms with E-state index in [1.165, 1.54) is 35.6 Å². The number of carbonyl (C=O) groups is 1. The SMILES string of the molecule is O=C(Nc1cccc(Oc2ccc(F)cc2)n1)Nc1csc(-c2ccncc2)n1. The molecule has 0 radical (unpaired) electrons. The summed E-state index contributed by atoms with van der Waals surface area (Å²) in [6.45, 7) is 0. The first-order valence-corrected chi connectivity index (χ1v) is 9.38. The van der Waals surface area contributed by atoms with Crippen LogP contribution in [0, 0.1) is 5.82 Å². The Morgan fingerprint density at radius 3 is 2.48 bits per heavy atom. The van der Waals surface area contributed by atoms with Gasteiger partial charge in [-0.05, 0) is 42.5 Å². The van der Waals surface area contributed by atoms with Crippen LogP contribution < -0.4 is 15.4 Å². The first-order chi connectivity index (χ1) is 14.2. The molecule has 144 valence electrons. The van der Waals surface area contributed by atoms with Crippen LogP contribution in [0.5, 0.6) is 11.6 Å². The van der Waals surface area contributed by atoms with Gasteiger partial charge in [0.25, 0.3) is 0 Å². The van der Waals surface area contributed by atoms with Crippen LogP contribution >= 0.6 is 11.3 Å². The summed E-state index contributed by atoms with van der Waals surface area (Å²) in [6, 6.07) is 13.7. The quantitative estimate of drug-likeness (QED) is 0.476. The molecule has 3 aromatic heterocycles. The van der Waals surface area contributed by atoms with Crippen LogP contribution in [0.4, 0.5) is 20.8 Å². The van der Waals surface area contributed by atoms with Gasteiger partial charge >= 0.3 is 6.03 Å². The van der Waals surface area contributed by atoms with Crippen molar-refractivity contribution in [3.8, 4) is 22.2 Å². The van der Waals surface area contributed by atoms with E-state index in [9.17, 15) is 9.18 Å². The number of halogens is 1. The summed E-state index contributed by atoms with van der Waals surface area (Å²) >= 11 is 1.41. The van der Waals surface area contributed by atoms with Gasteiger partial charge in [-0.3, -0.25) is 15.6 Å². The van der Waals surface area contributed by atoms with E-state index >= 15 is 0 Å². The van der Waals surface area contributed by atoms with E-state index in [0.29, 0.717) is 17.4 Å². The van der Waals surface area contributed by atoms with Crippen LogP contribution in [0.1, 0.15) is 0 Å². The molecule has 29 heavy (non-hydrogen) atoms. The molecule has 2 N–H and O–H groups in total. The maximum absolute atomic E-state index is 13.0. The number of hydrogen-bond acceptors (Lipinski definition) is 6. The van der Waals surface area contributed by atoms with Crippen molar-refractivity contribution in [3.63, 3.8) is 0 Å². The standard InChI is InChI=1S/C20H14FN5O2S/c21-14-4-6-15(7-5-14)28-18-3-1-2-16(23-18)25-20(27)26-17-12-29-19(24-17)13-8-10-22-11-9-13/h1-12H,(H2,23,25,26,27). The largest absolute Gasteiger partial charge is 0.439 e. The molecule has 0 saturated carbocycles. The molecular formula is C20H14FN5O2S. The first kappa shape index (κ1) is 18.5. The molecule has 1 aromatic carbocycles. The number of hydrogen-bond donors (Lipinski definition) is 2. The monoisotopic (exact) mass is 407 g/mol. The van der Waals surface area contributed by atoms with E-state index < -0.39 is 6.03 Å².